The van der Waals surface area contributed by atoms with Gasteiger partial charge < -0.3 is 15.4 Å². The number of anilines is 1. The summed E-state index contributed by atoms with van der Waals surface area (Å²) in [6.45, 7) is 5.42. The molecular weight excluding hydrogens is 330 g/mol. The first-order valence-electron chi connectivity index (χ1n) is 8.17. The van der Waals surface area contributed by atoms with Gasteiger partial charge in [-0.1, -0.05) is 29.8 Å². The van der Waals surface area contributed by atoms with E-state index >= 15 is 0 Å². The number of nitrogens with one attached hydrogen (secondary N) is 2. The molecule has 0 aromatic heterocycles. The first kappa shape index (κ1) is 19.0. The van der Waals surface area contributed by atoms with Crippen LogP contribution in [0, 0.1) is 32.1 Å². The van der Waals surface area contributed by atoms with Crippen molar-refractivity contribution in [2.24, 2.45) is 0 Å². The second-order valence-electron chi connectivity index (χ2n) is 6.00. The van der Waals surface area contributed by atoms with Crippen LogP contribution in [0.3, 0.4) is 0 Å². The molecule has 6 nitrogen and oxygen atoms in total. The van der Waals surface area contributed by atoms with E-state index in [1.54, 1.807) is 24.3 Å². The number of carbonyl (C=O) groups excluding carboxylic acids is 2. The van der Waals surface area contributed by atoms with Crippen molar-refractivity contribution < 1.29 is 14.3 Å². The number of ether oxygens (including phenoxy) is 1. The Morgan fingerprint density at radius 1 is 1.08 bits per heavy atom. The zero-order valence-electron chi connectivity index (χ0n) is 15.1. The molecule has 0 aliphatic rings. The van der Waals surface area contributed by atoms with E-state index in [2.05, 4.69) is 10.6 Å². The maximum Gasteiger partial charge on any atom is 0.258 e. The third kappa shape index (κ3) is 5.08. The van der Waals surface area contributed by atoms with E-state index in [-0.39, 0.29) is 19.1 Å². The topological polar surface area (TPSA) is 91.2 Å². The highest BCUT2D eigenvalue weighted by Gasteiger charge is 2.11. The summed E-state index contributed by atoms with van der Waals surface area (Å²) in [7, 11) is 0. The molecule has 0 atom stereocenters. The van der Waals surface area contributed by atoms with Crippen LogP contribution < -0.4 is 15.4 Å². The fraction of sp³-hybridized carbons (Fsp3) is 0.250. The molecule has 0 aliphatic heterocycles. The van der Waals surface area contributed by atoms with Crippen LogP contribution in [0.4, 0.5) is 5.69 Å². The molecule has 2 aromatic carbocycles. The van der Waals surface area contributed by atoms with Crippen molar-refractivity contribution in [3.63, 3.8) is 0 Å². The molecule has 0 fully saturated rings. The van der Waals surface area contributed by atoms with E-state index in [1.807, 2.05) is 39.0 Å². The predicted molar refractivity (Wildman–Crippen MR) is 98.9 cm³/mol. The van der Waals surface area contributed by atoms with Gasteiger partial charge in [0.15, 0.2) is 6.61 Å². The largest absolute Gasteiger partial charge is 0.482 e. The molecule has 0 heterocycles. The van der Waals surface area contributed by atoms with Gasteiger partial charge in [0.25, 0.3) is 5.91 Å². The molecule has 2 rings (SSSR count). The van der Waals surface area contributed by atoms with Gasteiger partial charge in [-0.25, -0.2) is 0 Å². The lowest BCUT2D eigenvalue weighted by molar-refractivity contribution is -0.125. The molecule has 26 heavy (non-hydrogen) atoms. The molecule has 0 saturated heterocycles. The summed E-state index contributed by atoms with van der Waals surface area (Å²) in [4.78, 5) is 23.9. The predicted octanol–water partition coefficient (Wildman–Crippen LogP) is 2.62. The third-order valence-corrected chi connectivity index (χ3v) is 3.75. The van der Waals surface area contributed by atoms with Crippen LogP contribution in [-0.2, 0) is 9.59 Å². The van der Waals surface area contributed by atoms with Gasteiger partial charge in [-0.2, -0.15) is 5.26 Å². The van der Waals surface area contributed by atoms with Crippen LogP contribution in [0.5, 0.6) is 5.75 Å². The van der Waals surface area contributed by atoms with Crippen LogP contribution >= 0.6 is 0 Å². The quantitative estimate of drug-likeness (QED) is 0.837. The van der Waals surface area contributed by atoms with Gasteiger partial charge in [0, 0.05) is 5.69 Å². The Bertz CT molecular complexity index is 846. The minimum atomic E-state index is -0.440. The monoisotopic (exact) mass is 351 g/mol. The van der Waals surface area contributed by atoms with Gasteiger partial charge in [-0.3, -0.25) is 9.59 Å². The maximum atomic E-state index is 12.1. The number of benzene rings is 2. The summed E-state index contributed by atoms with van der Waals surface area (Å²) in [5.74, 6) is -0.420. The van der Waals surface area contributed by atoms with Gasteiger partial charge >= 0.3 is 0 Å². The zero-order chi connectivity index (χ0) is 19.1. The summed E-state index contributed by atoms with van der Waals surface area (Å²) >= 11 is 0. The number of amides is 2. The number of aryl methyl sites for hydroxylation is 3. The number of hydrogen-bond donors (Lipinski definition) is 2. The van der Waals surface area contributed by atoms with Gasteiger partial charge in [0.05, 0.1) is 12.1 Å². The van der Waals surface area contributed by atoms with Gasteiger partial charge in [-0.05, 0) is 44.0 Å². The van der Waals surface area contributed by atoms with Gasteiger partial charge in [0.2, 0.25) is 5.91 Å². The summed E-state index contributed by atoms with van der Waals surface area (Å²) in [5, 5.41) is 14.3. The molecule has 134 valence electrons. The molecule has 0 bridgehead atoms. The fourth-order valence-electron chi connectivity index (χ4n) is 2.62. The van der Waals surface area contributed by atoms with E-state index in [4.69, 9.17) is 10.00 Å². The van der Waals surface area contributed by atoms with Crippen LogP contribution in [0.2, 0.25) is 0 Å². The summed E-state index contributed by atoms with van der Waals surface area (Å²) in [6.07, 6.45) is 0. The second-order valence-corrected chi connectivity index (χ2v) is 6.00. The molecule has 2 N–H and O–H groups in total. The molecular formula is C20H21N3O3. The Balaban J connectivity index is 1.84. The molecule has 0 radical (unpaired) electrons. The van der Waals surface area contributed by atoms with E-state index < -0.39 is 5.91 Å². The van der Waals surface area contributed by atoms with Crippen molar-refractivity contribution in [2.45, 2.75) is 20.8 Å². The summed E-state index contributed by atoms with van der Waals surface area (Å²) < 4.78 is 5.33. The van der Waals surface area contributed by atoms with Gasteiger partial charge in [0.1, 0.15) is 11.8 Å². The maximum absolute atomic E-state index is 12.1. The smallest absolute Gasteiger partial charge is 0.258 e. The van der Waals surface area contributed by atoms with Crippen LogP contribution in [0.15, 0.2) is 36.4 Å². The van der Waals surface area contributed by atoms with Gasteiger partial charge in [-0.15, -0.1) is 0 Å². The fourth-order valence-corrected chi connectivity index (χ4v) is 2.62. The first-order valence-corrected chi connectivity index (χ1v) is 8.17. The number of carbonyl (C=O) groups is 2. The van der Waals surface area contributed by atoms with Crippen molar-refractivity contribution in [2.75, 3.05) is 18.5 Å². The van der Waals surface area contributed by atoms with E-state index in [9.17, 15) is 9.59 Å². The number of nitrogens with zero attached hydrogens (tertiary/aromatic N) is 1. The highest BCUT2D eigenvalue weighted by molar-refractivity contribution is 5.95. The zero-order valence-corrected chi connectivity index (χ0v) is 15.1. The number of rotatable bonds is 6. The lowest BCUT2D eigenvalue weighted by atomic mass is 10.1. The normalized spacial score (nSPS) is 9.92. The average Bonchev–Trinajstić information content (AvgIpc) is 2.61. The molecule has 0 saturated carbocycles. The van der Waals surface area contributed by atoms with Crippen LogP contribution in [-0.4, -0.2) is 25.0 Å². The minimum absolute atomic E-state index is 0.158. The van der Waals surface area contributed by atoms with Crippen LogP contribution in [0.25, 0.3) is 0 Å². The van der Waals surface area contributed by atoms with Crippen molar-refractivity contribution >= 4 is 17.5 Å². The Hall–Kier alpha value is -3.33. The highest BCUT2D eigenvalue weighted by Crippen LogP contribution is 2.21. The molecule has 0 spiro atoms. The Morgan fingerprint density at radius 2 is 1.73 bits per heavy atom. The van der Waals surface area contributed by atoms with E-state index in [0.717, 1.165) is 22.4 Å². The lowest BCUT2D eigenvalue weighted by Gasteiger charge is -2.13. The highest BCUT2D eigenvalue weighted by atomic mass is 16.5. The van der Waals surface area contributed by atoms with Crippen molar-refractivity contribution in [3.05, 3.63) is 58.7 Å². The Morgan fingerprint density at radius 3 is 2.38 bits per heavy atom. The van der Waals surface area contributed by atoms with Crippen molar-refractivity contribution in [1.29, 1.82) is 5.26 Å². The standard InChI is InChI=1S/C20H21N3O3/c1-13-8-14(2)20(15(3)9-13)23-18(24)11-22-19(25)12-26-17-7-5-4-6-16(17)10-21/h4-9H,11-12H2,1-3H3,(H,22,25)(H,23,24). The SMILES string of the molecule is Cc1cc(C)c(NC(=O)CNC(=O)COc2ccccc2C#N)c(C)c1. The second kappa shape index (κ2) is 8.67. The average molecular weight is 351 g/mol. The molecule has 0 unspecified atom stereocenters. The number of nitriles is 1. The van der Waals surface area contributed by atoms with E-state index in [0.29, 0.717) is 11.3 Å². The lowest BCUT2D eigenvalue weighted by Crippen LogP contribution is -2.36. The number of hydrogen-bond acceptors (Lipinski definition) is 4. The third-order valence-electron chi connectivity index (χ3n) is 3.75. The molecule has 2 amide bonds. The van der Waals surface area contributed by atoms with Crippen molar-refractivity contribution in [1.82, 2.24) is 5.32 Å². The summed E-state index contributed by atoms with van der Waals surface area (Å²) in [6, 6.07) is 12.6. The minimum Gasteiger partial charge on any atom is -0.482 e. The Labute approximate surface area is 152 Å². The molecule has 2 aromatic rings. The van der Waals surface area contributed by atoms with E-state index in [1.165, 1.54) is 0 Å². The number of para-hydroxylation sites is 1. The molecule has 6 heteroatoms. The first-order chi connectivity index (χ1) is 12.4. The van der Waals surface area contributed by atoms with Crippen molar-refractivity contribution in [3.8, 4) is 11.8 Å². The molecule has 0 aliphatic carbocycles. The summed E-state index contributed by atoms with van der Waals surface area (Å²) in [5.41, 5.74) is 4.18. The van der Waals surface area contributed by atoms with Crippen LogP contribution in [0.1, 0.15) is 22.3 Å². The Kier molecular flexibility index (Phi) is 6.34.